The minimum Gasteiger partial charge on any atom is -0.391 e. The third-order valence-electron chi connectivity index (χ3n) is 10.3. The van der Waals surface area contributed by atoms with Gasteiger partial charge in [0, 0.05) is 13.0 Å². The van der Waals surface area contributed by atoms with Crippen LogP contribution in [0.1, 0.15) is 57.0 Å². The fourth-order valence-electron chi connectivity index (χ4n) is 6.68. The molecule has 4 atom stereocenters. The molecule has 20 heteroatoms. The monoisotopic (exact) mass is 964 g/mol. The number of aliphatic hydroxyl groups excluding tert-OH is 1. The van der Waals surface area contributed by atoms with Crippen molar-refractivity contribution in [3.05, 3.63) is 70.9 Å². The molecule has 1 saturated heterocycles. The summed E-state index contributed by atoms with van der Waals surface area (Å²) in [6.07, 6.45) is -0.797. The van der Waals surface area contributed by atoms with Crippen molar-refractivity contribution in [3.63, 3.8) is 0 Å². The van der Waals surface area contributed by atoms with Crippen LogP contribution in [0.4, 0.5) is 0 Å². The smallest absolute Gasteiger partial charge is 0.297 e. The van der Waals surface area contributed by atoms with E-state index >= 15 is 0 Å². The molecule has 2 aromatic carbocycles. The maximum atomic E-state index is 13.9. The van der Waals surface area contributed by atoms with Crippen molar-refractivity contribution in [2.45, 2.75) is 77.1 Å². The summed E-state index contributed by atoms with van der Waals surface area (Å²) in [6, 6.07) is 12.1. The summed E-state index contributed by atoms with van der Waals surface area (Å²) in [7, 11) is -3.81. The topological polar surface area (TPSA) is 220 Å². The maximum absolute atomic E-state index is 13.9. The molecular weight excluding hydrogens is 897 g/mol. The van der Waals surface area contributed by atoms with Gasteiger partial charge in [-0.25, -0.2) is 4.98 Å². The molecule has 1 aliphatic rings. The van der Waals surface area contributed by atoms with E-state index in [1.165, 1.54) is 17.0 Å². The number of carbonyl (C=O) groups is 3. The number of aryl methyl sites for hydroxylation is 2. The molecular formula is C46H68N4O14S2. The second-order valence-electron chi connectivity index (χ2n) is 16.7. The zero-order chi connectivity index (χ0) is 48.0. The zero-order valence-electron chi connectivity index (χ0n) is 39.0. The number of ether oxygens (including phenoxy) is 7. The van der Waals surface area contributed by atoms with Gasteiger partial charge in [-0.1, -0.05) is 62.7 Å². The molecule has 3 N–H and O–H groups in total. The largest absolute Gasteiger partial charge is 0.391 e. The van der Waals surface area contributed by atoms with Crippen LogP contribution in [-0.4, -0.2) is 165 Å². The van der Waals surface area contributed by atoms with Crippen molar-refractivity contribution in [3.8, 4) is 10.4 Å². The number of nitrogens with zero attached hydrogens (tertiary/aromatic N) is 2. The van der Waals surface area contributed by atoms with Gasteiger partial charge in [-0.3, -0.25) is 18.6 Å². The maximum Gasteiger partial charge on any atom is 0.297 e. The number of benzene rings is 2. The van der Waals surface area contributed by atoms with Crippen molar-refractivity contribution in [2.75, 3.05) is 106 Å². The lowest BCUT2D eigenvalue weighted by Gasteiger charge is -2.35. The van der Waals surface area contributed by atoms with E-state index < -0.39 is 45.5 Å². The molecule has 0 unspecified atom stereocenters. The first-order chi connectivity index (χ1) is 31.6. The third-order valence-corrected chi connectivity index (χ3v) is 12.6. The number of nitrogens with one attached hydrogen (secondary N) is 2. The van der Waals surface area contributed by atoms with Crippen LogP contribution in [0.3, 0.4) is 0 Å². The molecule has 2 heterocycles. The van der Waals surface area contributed by atoms with Gasteiger partial charge >= 0.3 is 0 Å². The average Bonchev–Trinajstić information content (AvgIpc) is 3.90. The van der Waals surface area contributed by atoms with Gasteiger partial charge < -0.3 is 53.8 Å². The second-order valence-corrected chi connectivity index (χ2v) is 19.2. The SMILES string of the molecule is Cc1ccc(S(=O)(=O)OCCOCCOCCOCCOCCOCCOCCOCC(=O)N[C@H](C(=O)N2C[C@H](O)C[C@H]2C(=O)N[C@@H](C)c2ccc(-c3scnc3C)cc2)C(C)(C)C)cc1. The lowest BCUT2D eigenvalue weighted by atomic mass is 9.85. The molecule has 66 heavy (non-hydrogen) atoms. The Labute approximate surface area is 393 Å². The lowest BCUT2D eigenvalue weighted by Crippen LogP contribution is -2.58. The van der Waals surface area contributed by atoms with E-state index in [9.17, 15) is 27.9 Å². The van der Waals surface area contributed by atoms with Gasteiger partial charge in [0.2, 0.25) is 17.7 Å². The highest BCUT2D eigenvalue weighted by Crippen LogP contribution is 2.29. The van der Waals surface area contributed by atoms with E-state index in [1.807, 2.05) is 71.3 Å². The number of amides is 3. The molecule has 4 rings (SSSR count). The number of β-amino-alcohol motifs (C(OH)–C–C–N with tert-alkyl or cyclic N) is 1. The van der Waals surface area contributed by atoms with Gasteiger partial charge in [-0.05, 0) is 49.4 Å². The fraction of sp³-hybridized carbons (Fsp3) is 0.609. The molecule has 0 radical (unpaired) electrons. The number of hydrogen-bond donors (Lipinski definition) is 3. The van der Waals surface area contributed by atoms with E-state index in [4.69, 9.17) is 37.3 Å². The van der Waals surface area contributed by atoms with Gasteiger partial charge in [0.05, 0.1) is 126 Å². The van der Waals surface area contributed by atoms with Crippen molar-refractivity contribution in [1.29, 1.82) is 0 Å². The second kappa shape index (κ2) is 28.4. The zero-order valence-corrected chi connectivity index (χ0v) is 40.6. The normalized spacial score (nSPS) is 16.3. The van der Waals surface area contributed by atoms with Gasteiger partial charge in [0.1, 0.15) is 18.7 Å². The van der Waals surface area contributed by atoms with E-state index in [-0.39, 0.29) is 62.8 Å². The number of hydrogen-bond acceptors (Lipinski definition) is 16. The van der Waals surface area contributed by atoms with Crippen LogP contribution in [0.2, 0.25) is 0 Å². The Hall–Kier alpha value is -3.93. The molecule has 3 aromatic rings. The summed E-state index contributed by atoms with van der Waals surface area (Å²) in [4.78, 5) is 47.3. The summed E-state index contributed by atoms with van der Waals surface area (Å²) < 4.78 is 67.6. The lowest BCUT2D eigenvalue weighted by molar-refractivity contribution is -0.144. The Morgan fingerprint density at radius 1 is 0.758 bits per heavy atom. The summed E-state index contributed by atoms with van der Waals surface area (Å²) >= 11 is 1.57. The Morgan fingerprint density at radius 2 is 1.26 bits per heavy atom. The quantitative estimate of drug-likeness (QED) is 0.0620. The Kier molecular flexibility index (Phi) is 23.5. The predicted molar refractivity (Wildman–Crippen MR) is 246 cm³/mol. The van der Waals surface area contributed by atoms with Crippen LogP contribution in [0.25, 0.3) is 10.4 Å². The third kappa shape index (κ3) is 19.0. The predicted octanol–water partition coefficient (Wildman–Crippen LogP) is 3.62. The van der Waals surface area contributed by atoms with E-state index in [2.05, 4.69) is 15.6 Å². The van der Waals surface area contributed by atoms with Crippen LogP contribution in [0.15, 0.2) is 58.9 Å². The molecule has 0 aliphatic carbocycles. The average molecular weight is 965 g/mol. The summed E-state index contributed by atoms with van der Waals surface area (Å²) in [5.74, 6) is -1.33. The Balaban J connectivity index is 0.977. The van der Waals surface area contributed by atoms with Crippen molar-refractivity contribution in [1.82, 2.24) is 20.5 Å². The first-order valence-electron chi connectivity index (χ1n) is 22.2. The minimum absolute atomic E-state index is 0.0263. The van der Waals surface area contributed by atoms with Gasteiger partial charge in [0.15, 0.2) is 0 Å². The summed E-state index contributed by atoms with van der Waals surface area (Å²) in [5, 5.41) is 16.4. The Morgan fingerprint density at radius 3 is 1.74 bits per heavy atom. The van der Waals surface area contributed by atoms with E-state index in [0.29, 0.717) is 66.1 Å². The van der Waals surface area contributed by atoms with Crippen molar-refractivity contribution < 1.29 is 65.2 Å². The molecule has 1 aromatic heterocycles. The molecule has 3 amide bonds. The first-order valence-corrected chi connectivity index (χ1v) is 24.4. The van der Waals surface area contributed by atoms with Crippen molar-refractivity contribution in [2.24, 2.45) is 5.41 Å². The van der Waals surface area contributed by atoms with Crippen LogP contribution in [0, 0.1) is 19.3 Å². The summed E-state index contributed by atoms with van der Waals surface area (Å²) in [5.41, 5.74) is 4.95. The number of rotatable bonds is 31. The van der Waals surface area contributed by atoms with E-state index in [1.54, 1.807) is 23.5 Å². The van der Waals surface area contributed by atoms with Crippen LogP contribution >= 0.6 is 11.3 Å². The van der Waals surface area contributed by atoms with Gasteiger partial charge in [-0.15, -0.1) is 11.3 Å². The highest BCUT2D eigenvalue weighted by atomic mass is 32.2. The van der Waals surface area contributed by atoms with Crippen LogP contribution in [0.5, 0.6) is 0 Å². The van der Waals surface area contributed by atoms with Crippen LogP contribution in [-0.2, 0) is 61.8 Å². The molecule has 0 saturated carbocycles. The van der Waals surface area contributed by atoms with Gasteiger partial charge in [-0.2, -0.15) is 8.42 Å². The van der Waals surface area contributed by atoms with Crippen molar-refractivity contribution >= 4 is 39.2 Å². The highest BCUT2D eigenvalue weighted by molar-refractivity contribution is 7.86. The number of aromatic nitrogens is 1. The molecule has 18 nitrogen and oxygen atoms in total. The highest BCUT2D eigenvalue weighted by Gasteiger charge is 2.44. The summed E-state index contributed by atoms with van der Waals surface area (Å²) in [6.45, 7) is 14.9. The van der Waals surface area contributed by atoms with Gasteiger partial charge in [0.25, 0.3) is 10.1 Å². The first kappa shape index (κ1) is 54.7. The number of likely N-dealkylation sites (tertiary alicyclic amines) is 1. The molecule has 0 bridgehead atoms. The molecule has 1 aliphatic heterocycles. The van der Waals surface area contributed by atoms with Crippen LogP contribution < -0.4 is 10.6 Å². The number of thiazole rings is 1. The number of aliphatic hydroxyl groups is 1. The number of carbonyl (C=O) groups excluding carboxylic acids is 3. The molecule has 1 fully saturated rings. The Bertz CT molecular complexity index is 2010. The standard InChI is InChI=1S/C46H68N4O14S2/c1-33-7-13-39(14-8-33)66(55,56)64-28-27-62-24-23-60-20-19-58-16-15-57-17-18-59-21-22-61-25-26-63-31-41(52)49-43(46(4,5)6)45(54)50-30-38(51)29-40(50)44(53)48-34(2)36-9-11-37(12-10-36)42-35(3)47-32-65-42/h7-14,32,34,38,40,43,51H,15-31H2,1-6H3,(H,48,53)(H,49,52)/t34-,38+,40-,43+/m0/s1. The minimum atomic E-state index is -3.81. The molecule has 0 spiro atoms. The fourth-order valence-corrected chi connectivity index (χ4v) is 8.38. The van der Waals surface area contributed by atoms with E-state index in [0.717, 1.165) is 27.3 Å². The molecule has 368 valence electrons.